The lowest BCUT2D eigenvalue weighted by Gasteiger charge is -2.36. The van der Waals surface area contributed by atoms with Crippen molar-refractivity contribution in [2.75, 3.05) is 39.3 Å². The second-order valence-electron chi connectivity index (χ2n) is 7.06. The zero-order valence-electron chi connectivity index (χ0n) is 17.6. The highest BCUT2D eigenvalue weighted by molar-refractivity contribution is 14.0. The van der Waals surface area contributed by atoms with Crippen molar-refractivity contribution < 1.29 is 4.52 Å². The number of nitrogens with one attached hydrogen (secondary N) is 1. The smallest absolute Gasteiger partial charge is 0.276 e. The third kappa shape index (κ3) is 6.71. The summed E-state index contributed by atoms with van der Waals surface area (Å²) in [5, 5.41) is 9.62. The normalized spacial score (nSPS) is 15.0. The van der Waals surface area contributed by atoms with Gasteiger partial charge in [-0.3, -0.25) is 14.9 Å². The van der Waals surface area contributed by atoms with Crippen molar-refractivity contribution in [1.82, 2.24) is 30.2 Å². The number of nitrogens with zero attached hydrogens (tertiary/aromatic N) is 6. The summed E-state index contributed by atoms with van der Waals surface area (Å²) in [4.78, 5) is 19.7. The summed E-state index contributed by atoms with van der Waals surface area (Å²) in [6.07, 6.45) is 2.34. The van der Waals surface area contributed by atoms with Gasteiger partial charge in [0.05, 0.1) is 0 Å². The Kier molecular flexibility index (Phi) is 9.22. The molecule has 3 aromatic heterocycles. The number of pyridine rings is 1. The maximum Gasteiger partial charge on any atom is 0.276 e. The number of halogens is 1. The highest BCUT2D eigenvalue weighted by Crippen LogP contribution is 2.14. The molecule has 1 saturated heterocycles. The predicted octanol–water partition coefficient (Wildman–Crippen LogP) is 3.14. The van der Waals surface area contributed by atoms with E-state index < -0.39 is 0 Å². The van der Waals surface area contributed by atoms with E-state index in [1.807, 2.05) is 29.5 Å². The van der Waals surface area contributed by atoms with Crippen LogP contribution >= 0.6 is 35.3 Å². The molecule has 0 unspecified atom stereocenters. The third-order valence-corrected chi connectivity index (χ3v) is 5.78. The molecule has 0 saturated carbocycles. The number of piperazine rings is 1. The molecule has 0 radical (unpaired) electrons. The van der Waals surface area contributed by atoms with Crippen LogP contribution in [0.5, 0.6) is 0 Å². The van der Waals surface area contributed by atoms with Crippen molar-refractivity contribution in [3.05, 3.63) is 52.6 Å². The first-order chi connectivity index (χ1) is 14.8. The van der Waals surface area contributed by atoms with Crippen LogP contribution in [0.4, 0.5) is 0 Å². The number of aliphatic imine (C=N–C) groups is 1. The van der Waals surface area contributed by atoms with E-state index in [9.17, 15) is 0 Å². The minimum atomic E-state index is 0. The van der Waals surface area contributed by atoms with Gasteiger partial charge in [0.15, 0.2) is 11.8 Å². The quantitative estimate of drug-likeness (QED) is 0.274. The maximum atomic E-state index is 5.32. The number of hydrogen-bond donors (Lipinski definition) is 1. The molecule has 1 aliphatic heterocycles. The van der Waals surface area contributed by atoms with Gasteiger partial charge in [0.2, 0.25) is 0 Å². The second-order valence-corrected chi connectivity index (χ2v) is 8.09. The SMILES string of the molecule is CCNC(=NCCc1noc(-c2ccccn2)n1)N1CCN(Cc2cccs2)CC1.I. The molecule has 4 heterocycles. The molecule has 0 aromatic carbocycles. The standard InChI is InChI=1S/C21H27N7OS.HI/c1-2-22-21(28-13-11-27(12-14-28)16-17-6-5-15-30-17)24-10-8-19-25-20(29-26-19)18-7-3-4-9-23-18;/h3-7,9,15H,2,8,10-14,16H2,1H3,(H,22,24);1H. The van der Waals surface area contributed by atoms with Gasteiger partial charge in [-0.05, 0) is 30.5 Å². The lowest BCUT2D eigenvalue weighted by Crippen LogP contribution is -2.52. The number of rotatable bonds is 7. The van der Waals surface area contributed by atoms with Gasteiger partial charge in [0.1, 0.15) is 5.69 Å². The topological polar surface area (TPSA) is 82.7 Å². The summed E-state index contributed by atoms with van der Waals surface area (Å²) in [7, 11) is 0. The highest BCUT2D eigenvalue weighted by atomic mass is 127. The van der Waals surface area contributed by atoms with Crippen molar-refractivity contribution in [2.45, 2.75) is 19.9 Å². The maximum absolute atomic E-state index is 5.32. The fourth-order valence-electron chi connectivity index (χ4n) is 3.38. The zero-order valence-corrected chi connectivity index (χ0v) is 20.8. The van der Waals surface area contributed by atoms with Crippen LogP contribution in [0.15, 0.2) is 51.4 Å². The first kappa shape index (κ1) is 23.6. The van der Waals surface area contributed by atoms with Gasteiger partial charge in [0, 0.05) is 63.3 Å². The van der Waals surface area contributed by atoms with Crippen molar-refractivity contribution in [1.29, 1.82) is 0 Å². The molecule has 3 aromatic rings. The summed E-state index contributed by atoms with van der Waals surface area (Å²) < 4.78 is 5.32. The highest BCUT2D eigenvalue weighted by Gasteiger charge is 2.20. The van der Waals surface area contributed by atoms with Crippen molar-refractivity contribution >= 4 is 41.3 Å². The molecular formula is C21H28IN7OS. The molecule has 10 heteroatoms. The Morgan fingerprint density at radius 3 is 2.77 bits per heavy atom. The van der Waals surface area contributed by atoms with E-state index in [4.69, 9.17) is 9.52 Å². The first-order valence-electron chi connectivity index (χ1n) is 10.3. The Morgan fingerprint density at radius 1 is 1.19 bits per heavy atom. The summed E-state index contributed by atoms with van der Waals surface area (Å²) in [6, 6.07) is 9.95. The summed E-state index contributed by atoms with van der Waals surface area (Å²) in [6.45, 7) is 8.63. The lowest BCUT2D eigenvalue weighted by molar-refractivity contribution is 0.173. The molecule has 0 aliphatic carbocycles. The number of aromatic nitrogens is 3. The molecule has 0 amide bonds. The van der Waals surface area contributed by atoms with E-state index in [1.165, 1.54) is 4.88 Å². The van der Waals surface area contributed by atoms with Crippen LogP contribution in [0.25, 0.3) is 11.6 Å². The molecule has 1 N–H and O–H groups in total. The van der Waals surface area contributed by atoms with Crippen LogP contribution in [-0.2, 0) is 13.0 Å². The lowest BCUT2D eigenvalue weighted by atomic mass is 10.3. The van der Waals surface area contributed by atoms with Gasteiger partial charge < -0.3 is 14.7 Å². The monoisotopic (exact) mass is 553 g/mol. The Labute approximate surface area is 203 Å². The third-order valence-electron chi connectivity index (χ3n) is 4.92. The molecule has 0 bridgehead atoms. The number of thiophene rings is 1. The van der Waals surface area contributed by atoms with Crippen molar-refractivity contribution in [3.63, 3.8) is 0 Å². The Morgan fingerprint density at radius 2 is 2.06 bits per heavy atom. The average Bonchev–Trinajstić information content (AvgIpc) is 3.47. The molecule has 1 aliphatic rings. The van der Waals surface area contributed by atoms with Crippen molar-refractivity contribution in [2.24, 2.45) is 4.99 Å². The van der Waals surface area contributed by atoms with Crippen LogP contribution in [-0.4, -0.2) is 70.2 Å². The Balaban J connectivity index is 0.00000272. The first-order valence-corrected chi connectivity index (χ1v) is 11.2. The molecular weight excluding hydrogens is 525 g/mol. The van der Waals surface area contributed by atoms with Gasteiger partial charge >= 0.3 is 0 Å². The van der Waals surface area contributed by atoms with E-state index in [-0.39, 0.29) is 24.0 Å². The van der Waals surface area contributed by atoms with E-state index in [2.05, 4.69) is 54.7 Å². The molecule has 166 valence electrons. The van der Waals surface area contributed by atoms with Crippen LogP contribution in [0, 0.1) is 0 Å². The van der Waals surface area contributed by atoms with E-state index in [0.717, 1.165) is 45.2 Å². The summed E-state index contributed by atoms with van der Waals surface area (Å²) >= 11 is 1.83. The van der Waals surface area contributed by atoms with Crippen molar-refractivity contribution in [3.8, 4) is 11.6 Å². The molecule has 8 nitrogen and oxygen atoms in total. The number of guanidine groups is 1. The van der Waals surface area contributed by atoms with Crippen LogP contribution in [0.3, 0.4) is 0 Å². The van der Waals surface area contributed by atoms with Gasteiger partial charge in [0.25, 0.3) is 5.89 Å². The molecule has 1 fully saturated rings. The Bertz CT molecular complexity index is 924. The van der Waals surface area contributed by atoms with Crippen LogP contribution < -0.4 is 5.32 Å². The molecule has 0 spiro atoms. The van der Waals surface area contributed by atoms with E-state index in [1.54, 1.807) is 6.20 Å². The summed E-state index contributed by atoms with van der Waals surface area (Å²) in [5.74, 6) is 2.06. The van der Waals surface area contributed by atoms with E-state index >= 15 is 0 Å². The predicted molar refractivity (Wildman–Crippen MR) is 134 cm³/mol. The zero-order chi connectivity index (χ0) is 20.6. The molecule has 0 atom stereocenters. The molecule has 31 heavy (non-hydrogen) atoms. The fourth-order valence-corrected chi connectivity index (χ4v) is 4.12. The second kappa shape index (κ2) is 12.1. The minimum Gasteiger partial charge on any atom is -0.357 e. The van der Waals surface area contributed by atoms with Gasteiger partial charge in [-0.25, -0.2) is 0 Å². The minimum absolute atomic E-state index is 0. The average molecular weight is 553 g/mol. The number of hydrogen-bond acceptors (Lipinski definition) is 7. The van der Waals surface area contributed by atoms with Crippen LogP contribution in [0.2, 0.25) is 0 Å². The largest absolute Gasteiger partial charge is 0.357 e. The van der Waals surface area contributed by atoms with Gasteiger partial charge in [-0.15, -0.1) is 35.3 Å². The van der Waals surface area contributed by atoms with E-state index in [0.29, 0.717) is 30.4 Å². The van der Waals surface area contributed by atoms with Crippen LogP contribution in [0.1, 0.15) is 17.6 Å². The summed E-state index contributed by atoms with van der Waals surface area (Å²) in [5.41, 5.74) is 0.688. The Hall–Kier alpha value is -2.05. The molecule has 4 rings (SSSR count). The fraction of sp³-hybridized carbons (Fsp3) is 0.429. The van der Waals surface area contributed by atoms with Gasteiger partial charge in [-0.2, -0.15) is 4.98 Å². The van der Waals surface area contributed by atoms with Gasteiger partial charge in [-0.1, -0.05) is 17.3 Å².